The topological polar surface area (TPSA) is 129 Å². The van der Waals surface area contributed by atoms with Gasteiger partial charge in [0.1, 0.15) is 0 Å². The molecule has 0 aliphatic carbocycles. The van der Waals surface area contributed by atoms with E-state index < -0.39 is 17.9 Å². The second kappa shape index (κ2) is 17.0. The summed E-state index contributed by atoms with van der Waals surface area (Å²) < 4.78 is 13.2. The minimum Gasteiger partial charge on any atom is -0.481 e. The van der Waals surface area contributed by atoms with E-state index in [4.69, 9.17) is 26.2 Å². The first-order chi connectivity index (χ1) is 24.7. The van der Waals surface area contributed by atoms with Crippen molar-refractivity contribution >= 4 is 23.5 Å². The summed E-state index contributed by atoms with van der Waals surface area (Å²) in [5.74, 6) is -1.07. The van der Waals surface area contributed by atoms with E-state index in [0.29, 0.717) is 43.8 Å². The van der Waals surface area contributed by atoms with Crippen molar-refractivity contribution in [1.29, 1.82) is 0 Å². The first kappa shape index (κ1) is 36.7. The Morgan fingerprint density at radius 2 is 1.55 bits per heavy atom. The second-order valence-electron chi connectivity index (χ2n) is 13.5. The summed E-state index contributed by atoms with van der Waals surface area (Å²) in [6, 6.07) is 31.5. The number of ether oxygens (including phenoxy) is 2. The molecule has 3 atom stereocenters. The molecule has 0 aromatic heterocycles. The maximum atomic E-state index is 12.2. The summed E-state index contributed by atoms with van der Waals surface area (Å²) in [6.45, 7) is 2.53. The molecule has 2 fully saturated rings. The number of aliphatic hydroxyl groups excluding tert-OH is 1. The number of carbonyl (C=O) groups excluding carboxylic acids is 1. The standard InChI is InChI=1S/C41H45ClN2O7/c42-35-17-15-34(16-18-35)41(49)19-21-44(22-20-41)26-36-24-37(31-9-7-28(27-45)8-10-31)51-40(50-36)32-13-11-30(12-14-32)33-4-1-3-29(23-33)25-43-38(46)5-2-6-39(47)48/h1,3-4,7-18,23,36-37,40,45,49H,2,5-6,19-22,24-27H2,(H,43,46)(H,47,48)/t36-,37+,40+/m1/s1. The lowest BCUT2D eigenvalue weighted by Gasteiger charge is -2.42. The van der Waals surface area contributed by atoms with Gasteiger partial charge in [-0.05, 0) is 70.8 Å². The van der Waals surface area contributed by atoms with Crippen LogP contribution >= 0.6 is 11.6 Å². The Bertz CT molecular complexity index is 1760. The Morgan fingerprint density at radius 1 is 0.843 bits per heavy atom. The van der Waals surface area contributed by atoms with Gasteiger partial charge < -0.3 is 35.0 Å². The third-order valence-electron chi connectivity index (χ3n) is 9.87. The number of carboxylic acid groups (broad SMARTS) is 1. The summed E-state index contributed by atoms with van der Waals surface area (Å²) in [6.07, 6.45) is 1.49. The predicted molar refractivity (Wildman–Crippen MR) is 195 cm³/mol. The molecule has 2 aliphatic rings. The Morgan fingerprint density at radius 3 is 2.24 bits per heavy atom. The fourth-order valence-electron chi connectivity index (χ4n) is 6.86. The molecule has 0 bridgehead atoms. The molecule has 51 heavy (non-hydrogen) atoms. The number of carboxylic acids is 1. The number of likely N-dealkylation sites (tertiary alicyclic amines) is 1. The molecular weight excluding hydrogens is 668 g/mol. The highest BCUT2D eigenvalue weighted by Crippen LogP contribution is 2.40. The molecule has 4 N–H and O–H groups in total. The van der Waals surface area contributed by atoms with Gasteiger partial charge in [-0.1, -0.05) is 90.5 Å². The third-order valence-corrected chi connectivity index (χ3v) is 10.1. The molecule has 268 valence electrons. The fraction of sp³-hybridized carbons (Fsp3) is 0.366. The molecule has 6 rings (SSSR count). The third kappa shape index (κ3) is 9.83. The summed E-state index contributed by atoms with van der Waals surface area (Å²) in [5.41, 5.74) is 5.76. The first-order valence-corrected chi connectivity index (χ1v) is 17.9. The Hall–Kier alpha value is -4.09. The molecule has 0 saturated carbocycles. The van der Waals surface area contributed by atoms with Gasteiger partial charge in [0, 0.05) is 56.0 Å². The van der Waals surface area contributed by atoms with Crippen molar-refractivity contribution in [2.24, 2.45) is 0 Å². The van der Waals surface area contributed by atoms with E-state index in [1.165, 1.54) is 0 Å². The number of nitrogens with one attached hydrogen (secondary N) is 1. The maximum absolute atomic E-state index is 12.2. The lowest BCUT2D eigenvalue weighted by Crippen LogP contribution is -2.46. The average molecular weight is 713 g/mol. The van der Waals surface area contributed by atoms with Crippen molar-refractivity contribution in [2.75, 3.05) is 19.6 Å². The predicted octanol–water partition coefficient (Wildman–Crippen LogP) is 6.90. The van der Waals surface area contributed by atoms with E-state index in [1.807, 2.05) is 97.1 Å². The number of carbonyl (C=O) groups is 2. The van der Waals surface area contributed by atoms with Crippen molar-refractivity contribution in [3.63, 3.8) is 0 Å². The number of amides is 1. The lowest BCUT2D eigenvalue weighted by atomic mass is 9.84. The Kier molecular flexibility index (Phi) is 12.2. The normalized spacial score (nSPS) is 20.5. The van der Waals surface area contributed by atoms with E-state index in [-0.39, 0.29) is 37.6 Å². The van der Waals surface area contributed by atoms with Gasteiger partial charge in [0.25, 0.3) is 0 Å². The van der Waals surface area contributed by atoms with Gasteiger partial charge in [-0.15, -0.1) is 0 Å². The summed E-state index contributed by atoms with van der Waals surface area (Å²) >= 11 is 6.08. The van der Waals surface area contributed by atoms with E-state index in [9.17, 15) is 19.8 Å². The lowest BCUT2D eigenvalue weighted by molar-refractivity contribution is -0.253. The number of hydrogen-bond acceptors (Lipinski definition) is 7. The quantitative estimate of drug-likeness (QED) is 0.118. The molecule has 0 spiro atoms. The van der Waals surface area contributed by atoms with E-state index in [0.717, 1.165) is 52.0 Å². The van der Waals surface area contributed by atoms with Gasteiger partial charge in [-0.2, -0.15) is 0 Å². The Labute approximate surface area is 303 Å². The molecular formula is C41H45ClN2O7. The number of rotatable bonds is 13. The van der Waals surface area contributed by atoms with Gasteiger partial charge in [-0.3, -0.25) is 9.59 Å². The monoisotopic (exact) mass is 712 g/mol. The minimum atomic E-state index is -0.903. The second-order valence-corrected chi connectivity index (χ2v) is 14.0. The van der Waals surface area contributed by atoms with Crippen LogP contribution in [-0.4, -0.2) is 57.8 Å². The number of hydrogen-bond donors (Lipinski definition) is 4. The number of benzene rings is 4. The molecule has 4 aromatic carbocycles. The van der Waals surface area contributed by atoms with Crippen LogP contribution in [0.3, 0.4) is 0 Å². The average Bonchev–Trinajstić information content (AvgIpc) is 3.15. The fourth-order valence-corrected chi connectivity index (χ4v) is 6.98. The van der Waals surface area contributed by atoms with Crippen LogP contribution in [0.4, 0.5) is 0 Å². The zero-order chi connectivity index (χ0) is 35.8. The number of halogens is 1. The van der Waals surface area contributed by atoms with Crippen molar-refractivity contribution in [1.82, 2.24) is 10.2 Å². The van der Waals surface area contributed by atoms with Crippen molar-refractivity contribution in [2.45, 2.75) is 75.8 Å². The molecule has 2 aliphatic heterocycles. The highest BCUT2D eigenvalue weighted by Gasteiger charge is 2.37. The summed E-state index contributed by atoms with van der Waals surface area (Å²) in [5, 5.41) is 33.3. The summed E-state index contributed by atoms with van der Waals surface area (Å²) in [4.78, 5) is 25.2. The highest BCUT2D eigenvalue weighted by atomic mass is 35.5. The van der Waals surface area contributed by atoms with Crippen LogP contribution in [0.5, 0.6) is 0 Å². The van der Waals surface area contributed by atoms with Gasteiger partial charge >= 0.3 is 5.97 Å². The SMILES string of the molecule is O=C(O)CCCC(=O)NCc1cccc(-c2ccc([C@H]3O[C@@H](CN4CCC(O)(c5ccc(Cl)cc5)CC4)C[C@@H](c4ccc(CO)cc4)O3)cc2)c1. The Balaban J connectivity index is 1.12. The van der Waals surface area contributed by atoms with Crippen LogP contribution in [0.2, 0.25) is 5.02 Å². The van der Waals surface area contributed by atoms with Crippen molar-refractivity contribution in [3.8, 4) is 11.1 Å². The van der Waals surface area contributed by atoms with Crippen molar-refractivity contribution in [3.05, 3.63) is 130 Å². The number of aliphatic carboxylic acids is 1. The highest BCUT2D eigenvalue weighted by molar-refractivity contribution is 6.30. The zero-order valence-electron chi connectivity index (χ0n) is 28.5. The van der Waals surface area contributed by atoms with Gasteiger partial charge in [0.15, 0.2) is 6.29 Å². The maximum Gasteiger partial charge on any atom is 0.303 e. The number of aliphatic hydroxyl groups is 2. The van der Waals surface area contributed by atoms with Crippen LogP contribution in [0.15, 0.2) is 97.1 Å². The van der Waals surface area contributed by atoms with Gasteiger partial charge in [0.05, 0.1) is 24.4 Å². The van der Waals surface area contributed by atoms with Gasteiger partial charge in [-0.25, -0.2) is 0 Å². The van der Waals surface area contributed by atoms with E-state index in [1.54, 1.807) is 0 Å². The molecule has 4 aromatic rings. The smallest absolute Gasteiger partial charge is 0.303 e. The molecule has 2 saturated heterocycles. The number of nitrogens with zero attached hydrogens (tertiary/aromatic N) is 1. The van der Waals surface area contributed by atoms with Crippen molar-refractivity contribution < 1.29 is 34.4 Å². The summed E-state index contributed by atoms with van der Waals surface area (Å²) in [7, 11) is 0. The largest absolute Gasteiger partial charge is 0.481 e. The molecule has 9 nitrogen and oxygen atoms in total. The molecule has 10 heteroatoms. The van der Waals surface area contributed by atoms with Crippen LogP contribution < -0.4 is 5.32 Å². The molecule has 2 heterocycles. The van der Waals surface area contributed by atoms with Crippen LogP contribution in [-0.2, 0) is 37.8 Å². The van der Waals surface area contributed by atoms with E-state index >= 15 is 0 Å². The molecule has 1 amide bonds. The molecule has 0 unspecified atom stereocenters. The molecule has 0 radical (unpaired) electrons. The zero-order valence-corrected chi connectivity index (χ0v) is 29.3. The number of piperidine rings is 1. The van der Waals surface area contributed by atoms with Crippen LogP contribution in [0.1, 0.15) is 78.7 Å². The first-order valence-electron chi connectivity index (χ1n) is 17.6. The van der Waals surface area contributed by atoms with Gasteiger partial charge in [0.2, 0.25) is 5.91 Å². The van der Waals surface area contributed by atoms with E-state index in [2.05, 4.69) is 10.2 Å². The minimum absolute atomic E-state index is 0.0179. The van der Waals surface area contributed by atoms with Crippen LogP contribution in [0.25, 0.3) is 11.1 Å². The van der Waals surface area contributed by atoms with Crippen LogP contribution in [0, 0.1) is 0 Å².